The normalized spacial score (nSPS) is 10.1. The van der Waals surface area contributed by atoms with E-state index in [1.807, 2.05) is 42.5 Å². The fraction of sp³-hybridized carbons (Fsp3) is 0. The summed E-state index contributed by atoms with van der Waals surface area (Å²) in [5.41, 5.74) is 2.29. The van der Waals surface area contributed by atoms with Gasteiger partial charge < -0.3 is 0 Å². The molecular weight excluding hydrogens is 259 g/mol. The molecule has 0 aliphatic rings. The first kappa shape index (κ1) is 9.75. The van der Waals surface area contributed by atoms with Crippen molar-refractivity contribution in [2.24, 2.45) is 0 Å². The topological polar surface area (TPSA) is 0 Å². The largest absolute Gasteiger partial charge is 0.0843 e. The smallest absolute Gasteiger partial charge is 0.0406 e. The summed E-state index contributed by atoms with van der Waals surface area (Å²) in [5, 5.41) is 0.759. The average Bonchev–Trinajstić information content (AvgIpc) is 2.21. The van der Waals surface area contributed by atoms with Crippen molar-refractivity contribution in [3.05, 3.63) is 58.0 Å². The third-order valence-electron chi connectivity index (χ3n) is 1.95. The second kappa shape index (κ2) is 4.16. The fourth-order valence-corrected chi connectivity index (χ4v) is 1.60. The van der Waals surface area contributed by atoms with Crippen LogP contribution in [0, 0.1) is 6.07 Å². The van der Waals surface area contributed by atoms with Gasteiger partial charge in [-0.15, -0.1) is 0 Å². The van der Waals surface area contributed by atoms with Gasteiger partial charge >= 0.3 is 0 Å². The van der Waals surface area contributed by atoms with Crippen molar-refractivity contribution in [3.63, 3.8) is 0 Å². The molecule has 0 nitrogen and oxygen atoms in total. The first-order chi connectivity index (χ1) is 6.75. The number of benzene rings is 2. The molecule has 14 heavy (non-hydrogen) atoms. The van der Waals surface area contributed by atoms with E-state index in [0.29, 0.717) is 0 Å². The molecule has 0 amide bonds. The van der Waals surface area contributed by atoms with E-state index in [1.165, 1.54) is 0 Å². The predicted molar refractivity (Wildman–Crippen MR) is 63.4 cm³/mol. The summed E-state index contributed by atoms with van der Waals surface area (Å²) >= 11 is 9.16. The second-order valence-corrected chi connectivity index (χ2v) is 4.22. The third kappa shape index (κ3) is 2.17. The van der Waals surface area contributed by atoms with Gasteiger partial charge in [0.25, 0.3) is 0 Å². The Bertz CT molecular complexity index is 374. The van der Waals surface area contributed by atoms with E-state index in [4.69, 9.17) is 11.6 Å². The van der Waals surface area contributed by atoms with Crippen molar-refractivity contribution in [1.29, 1.82) is 0 Å². The zero-order valence-corrected chi connectivity index (χ0v) is 9.64. The molecule has 0 heterocycles. The lowest BCUT2D eigenvalue weighted by atomic mass is 10.1. The molecule has 0 aliphatic carbocycles. The van der Waals surface area contributed by atoms with E-state index in [0.717, 1.165) is 20.6 Å². The van der Waals surface area contributed by atoms with Crippen LogP contribution in [0.25, 0.3) is 11.1 Å². The standard InChI is InChI=1S/C12H7BrCl/c13-11-5-1-9(2-6-11)10-3-7-12(14)8-4-10/h1-5,7-8H. The van der Waals surface area contributed by atoms with Gasteiger partial charge in [-0.25, -0.2) is 0 Å². The molecule has 0 N–H and O–H groups in total. The van der Waals surface area contributed by atoms with Crippen LogP contribution >= 0.6 is 27.5 Å². The van der Waals surface area contributed by atoms with Gasteiger partial charge in [-0.05, 0) is 41.5 Å². The van der Waals surface area contributed by atoms with Crippen molar-refractivity contribution in [2.45, 2.75) is 0 Å². The third-order valence-corrected chi connectivity index (χ3v) is 2.70. The first-order valence-corrected chi connectivity index (χ1v) is 5.36. The van der Waals surface area contributed by atoms with Crippen LogP contribution in [0.1, 0.15) is 0 Å². The zero-order valence-electron chi connectivity index (χ0n) is 7.30. The SMILES string of the molecule is Clc1ccc(-c2c[c]c(Br)cc2)cc1. The minimum absolute atomic E-state index is 0.759. The molecule has 0 fully saturated rings. The van der Waals surface area contributed by atoms with Gasteiger partial charge in [0.1, 0.15) is 0 Å². The van der Waals surface area contributed by atoms with Crippen molar-refractivity contribution in [2.75, 3.05) is 0 Å². The molecule has 2 aromatic rings. The maximum Gasteiger partial charge on any atom is 0.0406 e. The minimum Gasteiger partial charge on any atom is -0.0843 e. The van der Waals surface area contributed by atoms with Crippen LogP contribution in [-0.4, -0.2) is 0 Å². The van der Waals surface area contributed by atoms with Gasteiger partial charge in [-0.2, -0.15) is 0 Å². The summed E-state index contributed by atoms with van der Waals surface area (Å²) in [6.07, 6.45) is 0. The highest BCUT2D eigenvalue weighted by molar-refractivity contribution is 9.10. The molecular formula is C12H7BrCl. The Balaban J connectivity index is 2.40. The number of hydrogen-bond acceptors (Lipinski definition) is 0. The maximum absolute atomic E-state index is 5.81. The minimum atomic E-state index is 0.759. The molecule has 1 radical (unpaired) electrons. The van der Waals surface area contributed by atoms with E-state index in [-0.39, 0.29) is 0 Å². The average molecular weight is 267 g/mol. The summed E-state index contributed by atoms with van der Waals surface area (Å²) in [4.78, 5) is 0. The zero-order chi connectivity index (χ0) is 9.97. The summed E-state index contributed by atoms with van der Waals surface area (Å²) in [5.74, 6) is 0. The van der Waals surface area contributed by atoms with Crippen molar-refractivity contribution in [3.8, 4) is 11.1 Å². The molecule has 0 saturated carbocycles. The Morgan fingerprint density at radius 3 is 2.14 bits per heavy atom. The molecule has 69 valence electrons. The molecule has 0 unspecified atom stereocenters. The van der Waals surface area contributed by atoms with Crippen LogP contribution in [0.15, 0.2) is 46.9 Å². The molecule has 0 aromatic heterocycles. The Labute approximate surface area is 96.7 Å². The van der Waals surface area contributed by atoms with Crippen LogP contribution in [0.2, 0.25) is 5.02 Å². The van der Waals surface area contributed by atoms with Crippen LogP contribution < -0.4 is 0 Å². The Morgan fingerprint density at radius 1 is 0.929 bits per heavy atom. The number of rotatable bonds is 1. The number of halogens is 2. The Hall–Kier alpha value is -0.790. The summed E-state index contributed by atoms with van der Waals surface area (Å²) in [6.45, 7) is 0. The molecule has 0 aliphatic heterocycles. The lowest BCUT2D eigenvalue weighted by molar-refractivity contribution is 1.58. The van der Waals surface area contributed by atoms with Crippen molar-refractivity contribution >= 4 is 27.5 Å². The molecule has 2 rings (SSSR count). The number of hydrogen-bond donors (Lipinski definition) is 0. The monoisotopic (exact) mass is 265 g/mol. The van der Waals surface area contributed by atoms with Gasteiger partial charge in [0, 0.05) is 9.50 Å². The summed E-state index contributed by atoms with van der Waals surface area (Å²) in [7, 11) is 0. The highest BCUT2D eigenvalue weighted by atomic mass is 79.9. The Kier molecular flexibility index (Phi) is 2.90. The summed E-state index contributed by atoms with van der Waals surface area (Å²) < 4.78 is 0.968. The second-order valence-electron chi connectivity index (χ2n) is 2.93. The molecule has 0 bridgehead atoms. The van der Waals surface area contributed by atoms with E-state index in [2.05, 4.69) is 22.0 Å². The molecule has 0 saturated heterocycles. The van der Waals surface area contributed by atoms with Gasteiger partial charge in [0.05, 0.1) is 0 Å². The van der Waals surface area contributed by atoms with Crippen LogP contribution in [0.3, 0.4) is 0 Å². The van der Waals surface area contributed by atoms with Crippen LogP contribution in [0.5, 0.6) is 0 Å². The van der Waals surface area contributed by atoms with Gasteiger partial charge in [0.2, 0.25) is 0 Å². The van der Waals surface area contributed by atoms with E-state index < -0.39 is 0 Å². The highest BCUT2D eigenvalue weighted by Crippen LogP contribution is 2.22. The van der Waals surface area contributed by atoms with Gasteiger partial charge in [0.15, 0.2) is 0 Å². The van der Waals surface area contributed by atoms with Crippen LogP contribution in [0.4, 0.5) is 0 Å². The van der Waals surface area contributed by atoms with Gasteiger partial charge in [-0.3, -0.25) is 0 Å². The molecule has 2 heteroatoms. The van der Waals surface area contributed by atoms with E-state index in [1.54, 1.807) is 0 Å². The lowest BCUT2D eigenvalue weighted by Crippen LogP contribution is -1.76. The fourth-order valence-electron chi connectivity index (χ4n) is 1.23. The molecule has 2 aromatic carbocycles. The van der Waals surface area contributed by atoms with Crippen LogP contribution in [-0.2, 0) is 0 Å². The van der Waals surface area contributed by atoms with Gasteiger partial charge in [-0.1, -0.05) is 45.7 Å². The van der Waals surface area contributed by atoms with Crippen molar-refractivity contribution < 1.29 is 0 Å². The summed E-state index contributed by atoms with van der Waals surface area (Å²) in [6, 6.07) is 16.8. The van der Waals surface area contributed by atoms with Crippen molar-refractivity contribution in [1.82, 2.24) is 0 Å². The highest BCUT2D eigenvalue weighted by Gasteiger charge is 1.96. The van der Waals surface area contributed by atoms with E-state index >= 15 is 0 Å². The maximum atomic E-state index is 5.81. The lowest BCUT2D eigenvalue weighted by Gasteiger charge is -2.01. The molecule has 0 spiro atoms. The predicted octanol–water partition coefficient (Wildman–Crippen LogP) is 4.57. The quantitative estimate of drug-likeness (QED) is 0.709. The first-order valence-electron chi connectivity index (χ1n) is 4.19. The Morgan fingerprint density at radius 2 is 1.57 bits per heavy atom. The molecule has 0 atom stereocenters. The van der Waals surface area contributed by atoms with E-state index in [9.17, 15) is 0 Å².